The number of hydrogen-bond acceptors (Lipinski definition) is 1. The van der Waals surface area contributed by atoms with Crippen molar-refractivity contribution in [1.82, 2.24) is 0 Å². The zero-order valence-electron chi connectivity index (χ0n) is 16.0. The summed E-state index contributed by atoms with van der Waals surface area (Å²) in [5.74, 6) is 0. The number of rotatable bonds is 2. The highest BCUT2D eigenvalue weighted by molar-refractivity contribution is 7.21. The molecule has 0 aliphatic rings. The van der Waals surface area contributed by atoms with Gasteiger partial charge in [0, 0.05) is 18.2 Å². The van der Waals surface area contributed by atoms with E-state index in [1.54, 1.807) is 0 Å². The minimum absolute atomic E-state index is 1.26. The molecule has 0 saturated heterocycles. The molecule has 2 heterocycles. The molecule has 130 valence electrons. The smallest absolute Gasteiger partial charge is 0.201 e. The molecular formula is C23H24N2S+2. The molecule has 3 heteroatoms. The van der Waals surface area contributed by atoms with Crippen molar-refractivity contribution in [1.29, 1.82) is 0 Å². The monoisotopic (exact) mass is 360 g/mol. The first-order valence-electron chi connectivity index (χ1n) is 8.93. The van der Waals surface area contributed by atoms with Crippen molar-refractivity contribution in [2.45, 2.75) is 20.8 Å². The predicted octanol–water partition coefficient (Wildman–Crippen LogP) is 4.81. The van der Waals surface area contributed by atoms with Crippen LogP contribution in [-0.2, 0) is 14.1 Å². The minimum atomic E-state index is 1.26. The quantitative estimate of drug-likeness (QED) is 0.453. The summed E-state index contributed by atoms with van der Waals surface area (Å²) in [7, 11) is 4.29. The molecular weight excluding hydrogens is 336 g/mol. The number of aromatic nitrogens is 2. The maximum atomic E-state index is 2.33. The van der Waals surface area contributed by atoms with Crippen LogP contribution in [0.3, 0.4) is 0 Å². The number of hydrogen-bond donors (Lipinski definition) is 0. The summed E-state index contributed by atoms with van der Waals surface area (Å²) < 4.78 is 5.87. The normalized spacial score (nSPS) is 11.3. The second-order valence-electron chi connectivity index (χ2n) is 7.02. The molecule has 4 aromatic rings. The van der Waals surface area contributed by atoms with E-state index in [4.69, 9.17) is 0 Å². The summed E-state index contributed by atoms with van der Waals surface area (Å²) in [4.78, 5) is 0. The van der Waals surface area contributed by atoms with Crippen LogP contribution in [0.15, 0.2) is 54.7 Å². The highest BCUT2D eigenvalue weighted by atomic mass is 32.1. The van der Waals surface area contributed by atoms with Gasteiger partial charge in [-0.15, -0.1) is 0 Å². The Hall–Kier alpha value is -2.52. The van der Waals surface area contributed by atoms with Crippen molar-refractivity contribution >= 4 is 21.6 Å². The number of thiazole rings is 1. The van der Waals surface area contributed by atoms with E-state index < -0.39 is 0 Å². The number of benzene rings is 2. The van der Waals surface area contributed by atoms with Gasteiger partial charge in [-0.3, -0.25) is 0 Å². The van der Waals surface area contributed by atoms with Crippen molar-refractivity contribution in [2.24, 2.45) is 14.1 Å². The maximum Gasteiger partial charge on any atom is 0.270 e. The fourth-order valence-electron chi connectivity index (χ4n) is 4.01. The molecule has 2 aromatic heterocycles. The molecule has 0 fully saturated rings. The average molecular weight is 361 g/mol. The molecule has 0 atom stereocenters. The van der Waals surface area contributed by atoms with Crippen molar-refractivity contribution in [2.75, 3.05) is 0 Å². The standard InChI is InChI=1S/C23H24N2S/c1-15-14-16(2)22(17(3)21(15)19-11-8-9-13-24(19)4)23-25(5)18-10-6-7-12-20(18)26-23/h6-14H,1-5H3/q+2. The lowest BCUT2D eigenvalue weighted by atomic mass is 9.91. The Morgan fingerprint density at radius 1 is 0.808 bits per heavy atom. The number of fused-ring (bicyclic) bond motifs is 1. The molecule has 0 N–H and O–H groups in total. The fraction of sp³-hybridized carbons (Fsp3) is 0.217. The van der Waals surface area contributed by atoms with Gasteiger partial charge in [-0.05, 0) is 49.6 Å². The van der Waals surface area contributed by atoms with Crippen LogP contribution in [0.4, 0.5) is 0 Å². The van der Waals surface area contributed by atoms with Crippen molar-refractivity contribution in [3.8, 4) is 21.8 Å². The third-order valence-electron chi connectivity index (χ3n) is 5.23. The van der Waals surface area contributed by atoms with E-state index in [1.165, 1.54) is 48.7 Å². The third-order valence-corrected chi connectivity index (χ3v) is 6.47. The summed E-state index contributed by atoms with van der Waals surface area (Å²) in [5.41, 5.74) is 9.26. The first-order chi connectivity index (χ1) is 12.5. The maximum absolute atomic E-state index is 2.33. The van der Waals surface area contributed by atoms with Crippen molar-refractivity contribution < 1.29 is 9.13 Å². The predicted molar refractivity (Wildman–Crippen MR) is 109 cm³/mol. The molecule has 2 aromatic carbocycles. The zero-order valence-corrected chi connectivity index (χ0v) is 16.8. The molecule has 0 aliphatic carbocycles. The summed E-state index contributed by atoms with van der Waals surface area (Å²) in [6.45, 7) is 6.72. The third kappa shape index (κ3) is 2.55. The van der Waals surface area contributed by atoms with Gasteiger partial charge in [0.15, 0.2) is 6.20 Å². The van der Waals surface area contributed by atoms with Crippen molar-refractivity contribution in [3.63, 3.8) is 0 Å². The number of aryl methyl sites for hydroxylation is 4. The molecule has 0 saturated carbocycles. The second kappa shape index (κ2) is 6.33. The lowest BCUT2D eigenvalue weighted by Gasteiger charge is -2.13. The molecule has 0 radical (unpaired) electrons. The van der Waals surface area contributed by atoms with E-state index in [9.17, 15) is 0 Å². The average Bonchev–Trinajstić information content (AvgIpc) is 2.93. The van der Waals surface area contributed by atoms with Gasteiger partial charge in [0.2, 0.25) is 11.2 Å². The van der Waals surface area contributed by atoms with Crippen LogP contribution in [0, 0.1) is 20.8 Å². The van der Waals surface area contributed by atoms with Crippen molar-refractivity contribution in [3.05, 3.63) is 71.4 Å². The molecule has 0 amide bonds. The van der Waals surface area contributed by atoms with Gasteiger partial charge < -0.3 is 0 Å². The number of nitrogens with zero attached hydrogens (tertiary/aromatic N) is 2. The van der Waals surface area contributed by atoms with E-state index >= 15 is 0 Å². The van der Waals surface area contributed by atoms with Gasteiger partial charge in [0.1, 0.15) is 18.8 Å². The van der Waals surface area contributed by atoms with Gasteiger partial charge in [0.25, 0.3) is 5.01 Å². The lowest BCUT2D eigenvalue weighted by molar-refractivity contribution is -0.660. The van der Waals surface area contributed by atoms with Crippen LogP contribution >= 0.6 is 11.3 Å². The largest absolute Gasteiger partial charge is 0.270 e. The Bertz CT molecular complexity index is 1140. The highest BCUT2D eigenvalue weighted by Gasteiger charge is 2.26. The summed E-state index contributed by atoms with van der Waals surface area (Å²) >= 11 is 1.88. The summed E-state index contributed by atoms with van der Waals surface area (Å²) in [6.07, 6.45) is 2.12. The molecule has 0 aliphatic heterocycles. The SMILES string of the molecule is Cc1cc(C)c(-c2sc3ccccc3[n+]2C)c(C)c1-c1cccc[n+]1C. The lowest BCUT2D eigenvalue weighted by Crippen LogP contribution is -2.31. The molecule has 0 bridgehead atoms. The second-order valence-corrected chi connectivity index (χ2v) is 8.05. The van der Waals surface area contributed by atoms with Crippen LogP contribution in [0.2, 0.25) is 0 Å². The van der Waals surface area contributed by atoms with Crippen LogP contribution in [0.5, 0.6) is 0 Å². The number of para-hydroxylation sites is 1. The molecule has 0 unspecified atom stereocenters. The minimum Gasteiger partial charge on any atom is -0.201 e. The summed E-state index contributed by atoms with van der Waals surface area (Å²) in [6, 6.07) is 17.4. The van der Waals surface area contributed by atoms with Gasteiger partial charge in [-0.2, -0.15) is 4.57 Å². The Morgan fingerprint density at radius 3 is 2.23 bits per heavy atom. The van der Waals surface area contributed by atoms with Gasteiger partial charge in [-0.1, -0.05) is 29.5 Å². The Balaban J connectivity index is 2.05. The Labute approximate surface area is 159 Å². The first kappa shape index (κ1) is 16.9. The zero-order chi connectivity index (χ0) is 18.4. The Kier molecular flexibility index (Phi) is 4.12. The number of pyridine rings is 1. The molecule has 4 rings (SSSR count). The van der Waals surface area contributed by atoms with E-state index in [0.717, 1.165) is 0 Å². The van der Waals surface area contributed by atoms with Gasteiger partial charge >= 0.3 is 0 Å². The van der Waals surface area contributed by atoms with Gasteiger partial charge in [0.05, 0.1) is 11.1 Å². The van der Waals surface area contributed by atoms with E-state index in [-0.39, 0.29) is 0 Å². The fourth-order valence-corrected chi connectivity index (χ4v) is 5.33. The van der Waals surface area contributed by atoms with Crippen LogP contribution in [-0.4, -0.2) is 0 Å². The van der Waals surface area contributed by atoms with Gasteiger partial charge in [-0.25, -0.2) is 4.57 Å². The van der Waals surface area contributed by atoms with E-state index in [2.05, 4.69) is 98.7 Å². The Morgan fingerprint density at radius 2 is 1.50 bits per heavy atom. The van der Waals surface area contributed by atoms with Crippen LogP contribution < -0.4 is 9.13 Å². The molecule has 2 nitrogen and oxygen atoms in total. The first-order valence-corrected chi connectivity index (χ1v) is 9.74. The molecule has 26 heavy (non-hydrogen) atoms. The molecule has 0 spiro atoms. The van der Waals surface area contributed by atoms with E-state index in [0.29, 0.717) is 0 Å². The van der Waals surface area contributed by atoms with Crippen LogP contribution in [0.1, 0.15) is 16.7 Å². The summed E-state index contributed by atoms with van der Waals surface area (Å²) in [5, 5.41) is 1.32. The highest BCUT2D eigenvalue weighted by Crippen LogP contribution is 2.38. The van der Waals surface area contributed by atoms with E-state index in [1.807, 2.05) is 11.3 Å². The topological polar surface area (TPSA) is 7.76 Å². The van der Waals surface area contributed by atoms with Crippen LogP contribution in [0.25, 0.3) is 32.0 Å².